The molecule has 2 aromatic heterocycles. The lowest BCUT2D eigenvalue weighted by molar-refractivity contribution is 0.715. The van der Waals surface area contributed by atoms with Crippen LogP contribution >= 0.6 is 23.4 Å². The van der Waals surface area contributed by atoms with Gasteiger partial charge in [-0.1, -0.05) is 17.7 Å². The fourth-order valence-electron chi connectivity index (χ4n) is 1.42. The first kappa shape index (κ1) is 13.3. The van der Waals surface area contributed by atoms with Crippen molar-refractivity contribution in [3.8, 4) is 0 Å². The first-order valence-corrected chi connectivity index (χ1v) is 7.06. The molecule has 3 nitrogen and oxygen atoms in total. The molecule has 0 aromatic carbocycles. The summed E-state index contributed by atoms with van der Waals surface area (Å²) in [5, 5.41) is 4.94. The molecule has 0 radical (unpaired) electrons. The Morgan fingerprint density at radius 3 is 2.78 bits per heavy atom. The molecule has 0 fully saturated rings. The van der Waals surface area contributed by atoms with Crippen molar-refractivity contribution in [2.24, 2.45) is 0 Å². The van der Waals surface area contributed by atoms with E-state index in [1.54, 1.807) is 24.2 Å². The van der Waals surface area contributed by atoms with Gasteiger partial charge in [0.05, 0.1) is 10.7 Å². The van der Waals surface area contributed by atoms with Crippen molar-refractivity contribution in [3.63, 3.8) is 0 Å². The molecule has 0 aliphatic heterocycles. The minimum atomic E-state index is 0.715. The predicted octanol–water partition coefficient (Wildman–Crippen LogP) is 3.01. The molecule has 2 heterocycles. The van der Waals surface area contributed by atoms with E-state index in [1.807, 2.05) is 30.3 Å². The summed E-state index contributed by atoms with van der Waals surface area (Å²) in [6.45, 7) is 1.69. The molecular weight excluding hydrogens is 266 g/mol. The monoisotopic (exact) mass is 279 g/mol. The highest BCUT2D eigenvalue weighted by atomic mass is 35.5. The molecule has 0 bridgehead atoms. The summed E-state index contributed by atoms with van der Waals surface area (Å²) in [7, 11) is 0. The van der Waals surface area contributed by atoms with E-state index >= 15 is 0 Å². The van der Waals surface area contributed by atoms with Gasteiger partial charge in [0.15, 0.2) is 0 Å². The third-order valence-electron chi connectivity index (χ3n) is 2.27. The molecule has 0 amide bonds. The number of thioether (sulfide) groups is 1. The minimum Gasteiger partial charge on any atom is -0.310 e. The Labute approximate surface area is 116 Å². The largest absolute Gasteiger partial charge is 0.310 e. The van der Waals surface area contributed by atoms with Crippen molar-refractivity contribution in [1.29, 1.82) is 0 Å². The van der Waals surface area contributed by atoms with E-state index < -0.39 is 0 Å². The maximum absolute atomic E-state index is 6.02. The van der Waals surface area contributed by atoms with Gasteiger partial charge in [0.25, 0.3) is 0 Å². The summed E-state index contributed by atoms with van der Waals surface area (Å²) in [5.41, 5.74) is 1.05. The van der Waals surface area contributed by atoms with E-state index in [2.05, 4.69) is 15.3 Å². The van der Waals surface area contributed by atoms with E-state index in [-0.39, 0.29) is 0 Å². The zero-order valence-electron chi connectivity index (χ0n) is 9.84. The highest BCUT2D eigenvalue weighted by Crippen LogP contribution is 2.23. The molecule has 1 N–H and O–H groups in total. The molecule has 18 heavy (non-hydrogen) atoms. The van der Waals surface area contributed by atoms with Crippen LogP contribution in [0.25, 0.3) is 0 Å². The molecule has 0 spiro atoms. The molecule has 0 aliphatic rings. The van der Waals surface area contributed by atoms with Crippen molar-refractivity contribution in [2.45, 2.75) is 11.6 Å². The Kier molecular flexibility index (Phi) is 5.45. The quantitative estimate of drug-likeness (QED) is 0.652. The Hall–Kier alpha value is -1.10. The van der Waals surface area contributed by atoms with E-state index in [0.717, 1.165) is 29.6 Å². The summed E-state index contributed by atoms with van der Waals surface area (Å²) >= 11 is 7.68. The van der Waals surface area contributed by atoms with E-state index in [9.17, 15) is 0 Å². The normalized spacial score (nSPS) is 10.5. The number of nitrogens with zero attached hydrogens (tertiary/aromatic N) is 2. The number of halogens is 1. The Balaban J connectivity index is 1.66. The lowest BCUT2D eigenvalue weighted by atomic mass is 10.3. The van der Waals surface area contributed by atoms with E-state index in [4.69, 9.17) is 11.6 Å². The first-order valence-electron chi connectivity index (χ1n) is 5.70. The van der Waals surface area contributed by atoms with Crippen LogP contribution in [-0.2, 0) is 6.54 Å². The van der Waals surface area contributed by atoms with Crippen LogP contribution in [0, 0.1) is 0 Å². The SMILES string of the molecule is Clc1cccnc1SCCNCc1ccccn1. The molecular formula is C13H14ClN3S. The number of aromatic nitrogens is 2. The molecule has 0 unspecified atom stereocenters. The van der Waals surface area contributed by atoms with Crippen LogP contribution in [0.3, 0.4) is 0 Å². The molecule has 0 aliphatic carbocycles. The van der Waals surface area contributed by atoms with Gasteiger partial charge in [-0.25, -0.2) is 4.98 Å². The maximum atomic E-state index is 6.02. The predicted molar refractivity (Wildman–Crippen MR) is 75.9 cm³/mol. The topological polar surface area (TPSA) is 37.8 Å². The number of pyridine rings is 2. The molecule has 94 valence electrons. The zero-order chi connectivity index (χ0) is 12.6. The molecule has 2 aromatic rings. The van der Waals surface area contributed by atoms with E-state index in [0.29, 0.717) is 5.02 Å². The van der Waals surface area contributed by atoms with Gasteiger partial charge in [-0.05, 0) is 24.3 Å². The molecule has 2 rings (SSSR count). The molecule has 5 heteroatoms. The van der Waals surface area contributed by atoms with Crippen LogP contribution in [0.1, 0.15) is 5.69 Å². The van der Waals surface area contributed by atoms with Crippen LogP contribution in [0.15, 0.2) is 47.8 Å². The highest BCUT2D eigenvalue weighted by molar-refractivity contribution is 7.99. The number of rotatable bonds is 6. The van der Waals surface area contributed by atoms with Gasteiger partial charge in [0, 0.05) is 31.2 Å². The summed E-state index contributed by atoms with van der Waals surface area (Å²) in [6.07, 6.45) is 3.56. The van der Waals surface area contributed by atoms with Crippen LogP contribution in [0.2, 0.25) is 5.02 Å². The standard InChI is InChI=1S/C13H14ClN3S/c14-12-5-3-7-17-13(12)18-9-8-15-10-11-4-1-2-6-16-11/h1-7,15H,8-10H2. The van der Waals surface area contributed by atoms with Crippen LogP contribution < -0.4 is 5.32 Å². The summed E-state index contributed by atoms with van der Waals surface area (Å²) in [5.74, 6) is 0.934. The second kappa shape index (κ2) is 7.36. The zero-order valence-corrected chi connectivity index (χ0v) is 11.4. The average molecular weight is 280 g/mol. The first-order chi connectivity index (χ1) is 8.86. The van der Waals surface area contributed by atoms with Gasteiger partial charge in [0.1, 0.15) is 5.03 Å². The van der Waals surface area contributed by atoms with E-state index in [1.165, 1.54) is 0 Å². The van der Waals surface area contributed by atoms with Gasteiger partial charge in [0.2, 0.25) is 0 Å². The molecule has 0 saturated heterocycles. The van der Waals surface area contributed by atoms with Crippen molar-refractivity contribution in [3.05, 3.63) is 53.4 Å². The van der Waals surface area contributed by atoms with Gasteiger partial charge in [-0.2, -0.15) is 0 Å². The van der Waals surface area contributed by atoms with Crippen molar-refractivity contribution in [1.82, 2.24) is 15.3 Å². The highest BCUT2D eigenvalue weighted by Gasteiger charge is 2.00. The van der Waals surface area contributed by atoms with Gasteiger partial charge >= 0.3 is 0 Å². The summed E-state index contributed by atoms with van der Waals surface area (Å²) in [4.78, 5) is 8.47. The molecule has 0 saturated carbocycles. The maximum Gasteiger partial charge on any atom is 0.115 e. The number of hydrogen-bond donors (Lipinski definition) is 1. The lowest BCUT2D eigenvalue weighted by Crippen LogP contribution is -2.17. The number of nitrogens with one attached hydrogen (secondary N) is 1. The fraction of sp³-hybridized carbons (Fsp3) is 0.231. The smallest absolute Gasteiger partial charge is 0.115 e. The van der Waals surface area contributed by atoms with Crippen LogP contribution in [0.5, 0.6) is 0 Å². The van der Waals surface area contributed by atoms with Crippen molar-refractivity contribution >= 4 is 23.4 Å². The minimum absolute atomic E-state index is 0.715. The van der Waals surface area contributed by atoms with Crippen molar-refractivity contribution < 1.29 is 0 Å². The summed E-state index contributed by atoms with van der Waals surface area (Å²) in [6, 6.07) is 9.62. The number of hydrogen-bond acceptors (Lipinski definition) is 4. The van der Waals surface area contributed by atoms with Crippen molar-refractivity contribution in [2.75, 3.05) is 12.3 Å². The molecule has 0 atom stereocenters. The third kappa shape index (κ3) is 4.29. The van der Waals surface area contributed by atoms with Crippen LogP contribution in [-0.4, -0.2) is 22.3 Å². The third-order valence-corrected chi connectivity index (χ3v) is 3.70. The van der Waals surface area contributed by atoms with Crippen LogP contribution in [0.4, 0.5) is 0 Å². The van der Waals surface area contributed by atoms with Gasteiger partial charge < -0.3 is 5.32 Å². The average Bonchev–Trinajstić information content (AvgIpc) is 2.42. The van der Waals surface area contributed by atoms with Gasteiger partial charge in [-0.15, -0.1) is 11.8 Å². The summed E-state index contributed by atoms with van der Waals surface area (Å²) < 4.78 is 0. The Morgan fingerprint density at radius 2 is 2.00 bits per heavy atom. The second-order valence-electron chi connectivity index (χ2n) is 3.64. The fourth-order valence-corrected chi connectivity index (χ4v) is 2.48. The van der Waals surface area contributed by atoms with Gasteiger partial charge in [-0.3, -0.25) is 4.98 Å². The Morgan fingerprint density at radius 1 is 1.11 bits per heavy atom. The second-order valence-corrected chi connectivity index (χ2v) is 5.13. The Bertz CT molecular complexity index is 479. The lowest BCUT2D eigenvalue weighted by Gasteiger charge is -2.04.